The molecule has 0 spiro atoms. The van der Waals surface area contributed by atoms with Gasteiger partial charge in [0.2, 0.25) is 0 Å². The van der Waals surface area contributed by atoms with Crippen molar-refractivity contribution in [3.05, 3.63) is 34.9 Å². The zero-order chi connectivity index (χ0) is 14.6. The first-order valence-corrected chi connectivity index (χ1v) is 8.00. The molecule has 1 saturated heterocycles. The van der Waals surface area contributed by atoms with E-state index in [0.29, 0.717) is 5.41 Å². The normalized spacial score (nSPS) is 21.4. The Kier molecular flexibility index (Phi) is 5.48. The lowest BCUT2D eigenvalue weighted by molar-refractivity contribution is 0.142. The van der Waals surface area contributed by atoms with Gasteiger partial charge < -0.3 is 10.0 Å². The molecule has 1 N–H and O–H groups in total. The molecule has 0 radical (unpaired) electrons. The van der Waals surface area contributed by atoms with Crippen LogP contribution in [-0.2, 0) is 0 Å². The lowest BCUT2D eigenvalue weighted by atomic mass is 9.85. The molecule has 1 heterocycles. The fraction of sp³-hybridized carbons (Fsp3) is 0.647. The second-order valence-electron chi connectivity index (χ2n) is 6.72. The molecule has 1 unspecified atom stereocenters. The van der Waals surface area contributed by atoms with Crippen molar-refractivity contribution < 1.29 is 5.11 Å². The van der Waals surface area contributed by atoms with E-state index in [9.17, 15) is 5.11 Å². The van der Waals surface area contributed by atoms with Gasteiger partial charge in [0, 0.05) is 11.6 Å². The van der Waals surface area contributed by atoms with Crippen LogP contribution in [0.15, 0.2) is 24.3 Å². The van der Waals surface area contributed by atoms with Crippen LogP contribution in [0.3, 0.4) is 0 Å². The Labute approximate surface area is 127 Å². The largest absolute Gasteiger partial charge is 0.388 e. The van der Waals surface area contributed by atoms with Gasteiger partial charge in [0.25, 0.3) is 0 Å². The molecule has 0 amide bonds. The SMILES string of the molecule is CC1(C)CCCN(CCC(O)c2ccc(Cl)cc2)CC1. The smallest absolute Gasteiger partial charge is 0.0802 e. The number of likely N-dealkylation sites (tertiary alicyclic amines) is 1. The summed E-state index contributed by atoms with van der Waals surface area (Å²) < 4.78 is 0. The number of rotatable bonds is 4. The summed E-state index contributed by atoms with van der Waals surface area (Å²) in [6.45, 7) is 8.01. The predicted octanol–water partition coefficient (Wildman–Crippen LogP) is 4.28. The molecule has 0 bridgehead atoms. The zero-order valence-electron chi connectivity index (χ0n) is 12.6. The molecular formula is C17H26ClNO. The topological polar surface area (TPSA) is 23.5 Å². The van der Waals surface area contributed by atoms with E-state index >= 15 is 0 Å². The number of benzene rings is 1. The van der Waals surface area contributed by atoms with E-state index < -0.39 is 0 Å². The van der Waals surface area contributed by atoms with Gasteiger partial charge in [-0.3, -0.25) is 0 Å². The minimum atomic E-state index is -0.386. The number of halogens is 1. The quantitative estimate of drug-likeness (QED) is 0.896. The van der Waals surface area contributed by atoms with Crippen molar-refractivity contribution >= 4 is 11.6 Å². The molecule has 1 aliphatic rings. The maximum absolute atomic E-state index is 10.2. The minimum Gasteiger partial charge on any atom is -0.388 e. The van der Waals surface area contributed by atoms with E-state index in [2.05, 4.69) is 18.7 Å². The Bertz CT molecular complexity index is 416. The first-order valence-electron chi connectivity index (χ1n) is 7.62. The number of hydrogen-bond acceptors (Lipinski definition) is 2. The molecule has 2 rings (SSSR count). The highest BCUT2D eigenvalue weighted by Gasteiger charge is 2.23. The first kappa shape index (κ1) is 15.8. The number of aliphatic hydroxyl groups is 1. The standard InChI is InChI=1S/C17H26ClNO/c1-17(2)9-3-11-19(13-10-17)12-8-16(20)14-4-6-15(18)7-5-14/h4-7,16,20H,3,8-13H2,1-2H3. The summed E-state index contributed by atoms with van der Waals surface area (Å²) in [6.07, 6.45) is 4.24. The van der Waals surface area contributed by atoms with E-state index in [4.69, 9.17) is 11.6 Å². The van der Waals surface area contributed by atoms with Crippen LogP contribution in [0, 0.1) is 5.41 Å². The van der Waals surface area contributed by atoms with Crippen LogP contribution in [0.5, 0.6) is 0 Å². The van der Waals surface area contributed by atoms with Crippen LogP contribution < -0.4 is 0 Å². The van der Waals surface area contributed by atoms with Crippen LogP contribution in [0.25, 0.3) is 0 Å². The predicted molar refractivity (Wildman–Crippen MR) is 85.1 cm³/mol. The molecule has 1 aromatic rings. The molecule has 0 saturated carbocycles. The van der Waals surface area contributed by atoms with E-state index in [-0.39, 0.29) is 6.10 Å². The summed E-state index contributed by atoms with van der Waals surface area (Å²) in [7, 11) is 0. The number of nitrogens with zero attached hydrogens (tertiary/aromatic N) is 1. The number of aliphatic hydroxyl groups excluding tert-OH is 1. The highest BCUT2D eigenvalue weighted by molar-refractivity contribution is 6.30. The van der Waals surface area contributed by atoms with Crippen molar-refractivity contribution in [3.8, 4) is 0 Å². The van der Waals surface area contributed by atoms with Gasteiger partial charge >= 0.3 is 0 Å². The molecule has 2 nitrogen and oxygen atoms in total. The van der Waals surface area contributed by atoms with Gasteiger partial charge in [0.15, 0.2) is 0 Å². The maximum Gasteiger partial charge on any atom is 0.0802 e. The molecular weight excluding hydrogens is 270 g/mol. The maximum atomic E-state index is 10.2. The van der Waals surface area contributed by atoms with Gasteiger partial charge in [-0.05, 0) is 61.9 Å². The van der Waals surface area contributed by atoms with Crippen LogP contribution in [-0.4, -0.2) is 29.6 Å². The third-order valence-electron chi connectivity index (χ3n) is 4.41. The molecule has 112 valence electrons. The summed E-state index contributed by atoms with van der Waals surface area (Å²) in [5, 5.41) is 11.0. The van der Waals surface area contributed by atoms with Crippen molar-refractivity contribution in [1.82, 2.24) is 4.90 Å². The van der Waals surface area contributed by atoms with Gasteiger partial charge in [-0.15, -0.1) is 0 Å². The van der Waals surface area contributed by atoms with Crippen molar-refractivity contribution in [2.24, 2.45) is 5.41 Å². The van der Waals surface area contributed by atoms with Crippen LogP contribution >= 0.6 is 11.6 Å². The summed E-state index contributed by atoms with van der Waals surface area (Å²) in [5.74, 6) is 0. The van der Waals surface area contributed by atoms with E-state index in [1.807, 2.05) is 24.3 Å². The Morgan fingerprint density at radius 1 is 1.20 bits per heavy atom. The lowest BCUT2D eigenvalue weighted by Crippen LogP contribution is -2.27. The molecule has 1 atom stereocenters. The van der Waals surface area contributed by atoms with Gasteiger partial charge in [0.1, 0.15) is 0 Å². The van der Waals surface area contributed by atoms with Crippen molar-refractivity contribution in [1.29, 1.82) is 0 Å². The van der Waals surface area contributed by atoms with Gasteiger partial charge in [-0.25, -0.2) is 0 Å². The van der Waals surface area contributed by atoms with Crippen molar-refractivity contribution in [2.75, 3.05) is 19.6 Å². The lowest BCUT2D eigenvalue weighted by Gasteiger charge is -2.24. The van der Waals surface area contributed by atoms with Crippen molar-refractivity contribution in [2.45, 2.75) is 45.6 Å². The Morgan fingerprint density at radius 3 is 2.60 bits per heavy atom. The fourth-order valence-corrected chi connectivity index (χ4v) is 2.98. The second-order valence-corrected chi connectivity index (χ2v) is 7.15. The van der Waals surface area contributed by atoms with E-state index in [1.165, 1.54) is 19.3 Å². The highest BCUT2D eigenvalue weighted by Crippen LogP contribution is 2.30. The summed E-state index contributed by atoms with van der Waals surface area (Å²) in [4.78, 5) is 2.49. The first-order chi connectivity index (χ1) is 9.46. The molecule has 1 aliphatic heterocycles. The Balaban J connectivity index is 1.81. The highest BCUT2D eigenvalue weighted by atomic mass is 35.5. The van der Waals surface area contributed by atoms with E-state index in [0.717, 1.165) is 36.6 Å². The van der Waals surface area contributed by atoms with Crippen LogP contribution in [0.4, 0.5) is 0 Å². The minimum absolute atomic E-state index is 0.386. The Hall–Kier alpha value is -0.570. The molecule has 3 heteroatoms. The molecule has 0 aliphatic carbocycles. The van der Waals surface area contributed by atoms with Crippen LogP contribution in [0.2, 0.25) is 5.02 Å². The zero-order valence-corrected chi connectivity index (χ0v) is 13.4. The van der Waals surface area contributed by atoms with Crippen molar-refractivity contribution in [3.63, 3.8) is 0 Å². The third kappa shape index (κ3) is 4.76. The molecule has 20 heavy (non-hydrogen) atoms. The second kappa shape index (κ2) is 6.93. The monoisotopic (exact) mass is 295 g/mol. The summed E-state index contributed by atoms with van der Waals surface area (Å²) in [6, 6.07) is 7.51. The molecule has 1 aromatic carbocycles. The van der Waals surface area contributed by atoms with Gasteiger partial charge in [0.05, 0.1) is 6.10 Å². The average Bonchev–Trinajstić information content (AvgIpc) is 2.58. The van der Waals surface area contributed by atoms with Gasteiger partial charge in [-0.2, -0.15) is 0 Å². The fourth-order valence-electron chi connectivity index (χ4n) is 2.86. The van der Waals surface area contributed by atoms with E-state index in [1.54, 1.807) is 0 Å². The molecule has 0 aromatic heterocycles. The Morgan fingerprint density at radius 2 is 1.90 bits per heavy atom. The van der Waals surface area contributed by atoms with Gasteiger partial charge in [-0.1, -0.05) is 37.6 Å². The van der Waals surface area contributed by atoms with Crippen LogP contribution in [0.1, 0.15) is 51.2 Å². The summed E-state index contributed by atoms with van der Waals surface area (Å²) >= 11 is 5.87. The molecule has 1 fully saturated rings. The third-order valence-corrected chi connectivity index (χ3v) is 4.66. The number of hydrogen-bond donors (Lipinski definition) is 1. The summed E-state index contributed by atoms with van der Waals surface area (Å²) in [5.41, 5.74) is 1.44. The average molecular weight is 296 g/mol.